The number of aromatic amines is 4. The number of nitrogens with zero attached hydrogens (tertiary/aromatic N) is 6. The van der Waals surface area contributed by atoms with E-state index in [2.05, 4.69) is 66.7 Å². The summed E-state index contributed by atoms with van der Waals surface area (Å²) in [6.07, 6.45) is 18.6. The molecule has 0 bridgehead atoms. The minimum absolute atomic E-state index is 0.150. The zero-order valence-electron chi connectivity index (χ0n) is 65.5. The maximum absolute atomic E-state index is 13.7. The van der Waals surface area contributed by atoms with E-state index in [1.807, 2.05) is 35.0 Å². The number of nitrogens with one attached hydrogen (secondary N) is 7. The molecule has 0 atom stereocenters. The van der Waals surface area contributed by atoms with E-state index in [0.29, 0.717) is 131 Å². The summed E-state index contributed by atoms with van der Waals surface area (Å²) in [5.41, 5.74) is 11.0. The lowest BCUT2D eigenvalue weighted by atomic mass is 10.1. The molecule has 0 unspecified atom stereocenters. The predicted octanol–water partition coefficient (Wildman–Crippen LogP) is 17.1. The summed E-state index contributed by atoms with van der Waals surface area (Å²) in [7, 11) is 10.2. The second-order valence-electron chi connectivity index (χ2n) is 25.5. The molecule has 15 rings (SSSR count). The van der Waals surface area contributed by atoms with Crippen molar-refractivity contribution in [1.29, 1.82) is 0 Å². The number of halogens is 5. The third-order valence-corrected chi connectivity index (χ3v) is 18.9. The highest BCUT2D eigenvalue weighted by molar-refractivity contribution is 7.08. The van der Waals surface area contributed by atoms with Crippen LogP contribution >= 0.6 is 11.3 Å². The van der Waals surface area contributed by atoms with Gasteiger partial charge in [-0.2, -0.15) is 31.7 Å². The smallest absolute Gasteiger partial charge is 0.341 e. The van der Waals surface area contributed by atoms with E-state index < -0.39 is 35.1 Å². The van der Waals surface area contributed by atoms with E-state index in [1.165, 1.54) is 86.5 Å². The van der Waals surface area contributed by atoms with Gasteiger partial charge in [0.15, 0.2) is 46.3 Å². The third kappa shape index (κ3) is 20.0. The molecule has 26 nitrogen and oxygen atoms in total. The number of pyridine rings is 1. The van der Waals surface area contributed by atoms with Crippen LogP contribution in [-0.2, 0) is 24.4 Å². The van der Waals surface area contributed by atoms with Gasteiger partial charge in [0.1, 0.15) is 34.8 Å². The molecule has 0 aliphatic rings. The van der Waals surface area contributed by atoms with E-state index in [4.69, 9.17) is 42.3 Å². The first-order valence-electron chi connectivity index (χ1n) is 36.6. The lowest BCUT2D eigenvalue weighted by molar-refractivity contribution is 0.0522. The molecule has 7 aromatic heterocycles. The molecule has 0 saturated heterocycles. The van der Waals surface area contributed by atoms with Crippen molar-refractivity contribution in [2.24, 2.45) is 0 Å². The third-order valence-electron chi connectivity index (χ3n) is 18.2. The van der Waals surface area contributed by atoms with E-state index in [9.17, 15) is 41.1 Å². The molecule has 0 aliphatic carbocycles. The molecule has 3 amide bonds. The predicted molar refractivity (Wildman–Crippen MR) is 446 cm³/mol. The fourth-order valence-electron chi connectivity index (χ4n) is 12.4. The number of hydrogen-bond donors (Lipinski definition) is 7. The Morgan fingerprint density at radius 1 is 0.408 bits per heavy atom. The minimum atomic E-state index is -0.927. The van der Waals surface area contributed by atoms with Gasteiger partial charge < -0.3 is 58.3 Å². The van der Waals surface area contributed by atoms with Crippen LogP contribution in [0.15, 0.2) is 179 Å². The summed E-state index contributed by atoms with van der Waals surface area (Å²) >= 11 is 1.58. The van der Waals surface area contributed by atoms with Crippen LogP contribution in [0.2, 0.25) is 0 Å². The van der Waals surface area contributed by atoms with Gasteiger partial charge in [-0.1, -0.05) is 54.6 Å². The van der Waals surface area contributed by atoms with Crippen LogP contribution in [-0.4, -0.2) is 131 Å². The summed E-state index contributed by atoms with van der Waals surface area (Å²) in [6.45, 7) is 2.85. The number of oxazole rings is 1. The van der Waals surface area contributed by atoms with Crippen LogP contribution in [0.25, 0.3) is 92.2 Å². The quantitative estimate of drug-likeness (QED) is 0.0196. The fraction of sp³-hybridized carbons (Fsp3) is 0.136. The highest BCUT2D eigenvalue weighted by Gasteiger charge is 2.25. The number of rotatable bonds is 26. The Kier molecular flexibility index (Phi) is 28.0. The van der Waals surface area contributed by atoms with Crippen LogP contribution in [0.1, 0.15) is 111 Å². The molecule has 7 heterocycles. The standard InChI is InChI=1S/C24H21FN4O3.C23H20FN3O3S.C22H19FN4O4.C19H16F2N2O3/c1-31-21-13-15(6-9-18(21)25)7-10-19-22-20(29-28-19)11-8-17(23(22)32-2)24(30)27-14-16-5-3-4-12-26-16;1-29-20-11-14(3-6-17(20)24)4-7-18-21-19(27-26-18)8-5-16(22(21)30-2)23(28)25-12-15-9-10-31-13-15;1-29-18-11-13(3-6-15(18)23)4-7-16-20-17(27-26-16)8-5-14(21(20)30-2)22(28)25-12-19-24-9-10-31-19;1-3-26-19(24)12-6-9-16-17(18(12)25-2)15(22-23-16)8-5-11-4-7-13(20)14(21)10-11/h3-13H,14H2,1-2H3,(H,27,30)(H,28,29);3-11,13H,12H2,1-2H3,(H,25,28)(H,26,27);3-11H,12H2,1-2H3,(H,25,28)(H,26,27);4-10H,3H2,1-2H3,(H,22,23)/b10-7+;2*7-4+;8-5+. The first kappa shape index (κ1) is 84.2. The SMILES string of the molecule is CCOC(=O)c1ccc2n[nH]c(/C=C/c3ccc(F)c(F)c3)c2c1OC.COc1cc(/C=C/c2[nH]nc3ccc(C(=O)NCc4ccccn4)c(OC)c23)ccc1F.COc1cc(/C=C/c2[nH]nc3ccc(C(=O)NCc4ccsc4)c(OC)c23)ccc1F.COc1cc(/C=C/c2[nH]nc3ccc(C(=O)NCc4ncco4)c(OC)c23)ccc1F. The van der Waals surface area contributed by atoms with Crippen LogP contribution in [0.4, 0.5) is 22.0 Å². The number of benzene rings is 8. The molecule has 0 radical (unpaired) electrons. The number of methoxy groups -OCH3 is 7. The molecule has 32 heteroatoms. The van der Waals surface area contributed by atoms with Gasteiger partial charge in [-0.15, -0.1) is 0 Å². The Hall–Kier alpha value is -15.2. The van der Waals surface area contributed by atoms with E-state index in [0.717, 1.165) is 40.1 Å². The Morgan fingerprint density at radius 3 is 1.16 bits per heavy atom. The fourth-order valence-corrected chi connectivity index (χ4v) is 13.0. The number of fused-ring (bicyclic) bond motifs is 4. The molecule has 15 aromatic rings. The summed E-state index contributed by atoms with van der Waals surface area (Å²) in [5, 5.41) is 43.9. The number of amides is 3. The number of carbonyl (C=O) groups excluding carboxylic acids is 4. The summed E-state index contributed by atoms with van der Waals surface area (Å²) in [5.74, 6) is -2.04. The topological polar surface area (TPSA) is 332 Å². The van der Waals surface area contributed by atoms with Crippen molar-refractivity contribution in [2.45, 2.75) is 26.6 Å². The lowest BCUT2D eigenvalue weighted by Crippen LogP contribution is -2.23. The number of H-pyrrole nitrogens is 4. The zero-order chi connectivity index (χ0) is 84.8. The minimum Gasteiger partial charge on any atom is -0.495 e. The monoisotopic (exact) mass is 1650 g/mol. The summed E-state index contributed by atoms with van der Waals surface area (Å²) in [4.78, 5) is 58.7. The Balaban J connectivity index is 0.000000147. The first-order valence-corrected chi connectivity index (χ1v) is 37.5. The van der Waals surface area contributed by atoms with Crippen molar-refractivity contribution in [3.63, 3.8) is 0 Å². The van der Waals surface area contributed by atoms with Crippen molar-refractivity contribution in [3.8, 4) is 40.2 Å². The maximum atomic E-state index is 13.7. The molecular formula is C88H76F5N13O13S. The average Bonchev–Trinajstić information content (AvgIpc) is 1.63. The van der Waals surface area contributed by atoms with Gasteiger partial charge in [-0.25, -0.2) is 31.7 Å². The normalized spacial score (nSPS) is 11.2. The Labute approximate surface area is 685 Å². The second kappa shape index (κ2) is 39.9. The molecule has 0 aliphatic heterocycles. The number of thiophene rings is 1. The summed E-state index contributed by atoms with van der Waals surface area (Å²) < 4.78 is 115. The van der Waals surface area contributed by atoms with Crippen LogP contribution in [0.3, 0.4) is 0 Å². The van der Waals surface area contributed by atoms with E-state index in [1.54, 1.807) is 158 Å². The highest BCUT2D eigenvalue weighted by Crippen LogP contribution is 2.38. The van der Waals surface area contributed by atoms with Gasteiger partial charge >= 0.3 is 5.97 Å². The molecule has 7 N–H and O–H groups in total. The van der Waals surface area contributed by atoms with Crippen molar-refractivity contribution < 1.29 is 83.4 Å². The van der Waals surface area contributed by atoms with E-state index >= 15 is 0 Å². The molecular weight excluding hydrogens is 1570 g/mol. The van der Waals surface area contributed by atoms with Gasteiger partial charge in [0.05, 0.1) is 164 Å². The van der Waals surface area contributed by atoms with Crippen molar-refractivity contribution in [3.05, 3.63) is 289 Å². The maximum Gasteiger partial charge on any atom is 0.341 e. The largest absolute Gasteiger partial charge is 0.495 e. The van der Waals surface area contributed by atoms with Crippen molar-refractivity contribution >= 4 is 127 Å². The van der Waals surface area contributed by atoms with Gasteiger partial charge in [0.25, 0.3) is 17.7 Å². The molecule has 612 valence electrons. The molecule has 0 saturated carbocycles. The number of carbonyl (C=O) groups is 4. The number of aromatic nitrogens is 10. The summed E-state index contributed by atoms with van der Waals surface area (Å²) in [6, 6.07) is 38.3. The number of ether oxygens (including phenoxy) is 8. The number of esters is 1. The van der Waals surface area contributed by atoms with Crippen LogP contribution < -0.4 is 49.1 Å². The van der Waals surface area contributed by atoms with Crippen LogP contribution in [0.5, 0.6) is 40.2 Å². The Bertz CT molecular complexity index is 6090. The number of hydrogen-bond acceptors (Lipinski definition) is 20. The Morgan fingerprint density at radius 2 is 0.800 bits per heavy atom. The van der Waals surface area contributed by atoms with Crippen molar-refractivity contribution in [1.82, 2.24) is 66.7 Å². The van der Waals surface area contributed by atoms with Gasteiger partial charge in [0.2, 0.25) is 5.89 Å². The van der Waals surface area contributed by atoms with Gasteiger partial charge in [0, 0.05) is 12.7 Å². The van der Waals surface area contributed by atoms with Crippen molar-refractivity contribution in [2.75, 3.05) is 56.4 Å². The molecule has 0 fully saturated rings. The second-order valence-corrected chi connectivity index (χ2v) is 26.3. The molecule has 120 heavy (non-hydrogen) atoms. The molecule has 8 aromatic carbocycles. The first-order chi connectivity index (χ1) is 58.3. The lowest BCUT2D eigenvalue weighted by Gasteiger charge is -2.10. The zero-order valence-corrected chi connectivity index (χ0v) is 66.3. The van der Waals surface area contributed by atoms with Gasteiger partial charge in [-0.05, 0) is 185 Å². The molecule has 0 spiro atoms. The van der Waals surface area contributed by atoms with Gasteiger partial charge in [-0.3, -0.25) is 39.8 Å². The average molecular weight is 1650 g/mol. The highest BCUT2D eigenvalue weighted by atomic mass is 32.1. The van der Waals surface area contributed by atoms with E-state index in [-0.39, 0.29) is 53.7 Å². The van der Waals surface area contributed by atoms with Crippen LogP contribution in [0, 0.1) is 29.1 Å².